The maximum absolute atomic E-state index is 14.7. The van der Waals surface area contributed by atoms with Crippen molar-refractivity contribution in [2.75, 3.05) is 27.2 Å². The molecule has 13 atom stereocenters. The van der Waals surface area contributed by atoms with E-state index in [1.165, 1.54) is 6.92 Å². The van der Waals surface area contributed by atoms with Gasteiger partial charge in [-0.2, -0.15) is 0 Å². The molecule has 4 fully saturated rings. The molecule has 0 saturated carbocycles. The van der Waals surface area contributed by atoms with E-state index in [1.807, 2.05) is 53.6 Å². The number of nitrogens with one attached hydrogen (secondary N) is 1. The summed E-state index contributed by atoms with van der Waals surface area (Å²) in [5.41, 5.74) is -4.02. The summed E-state index contributed by atoms with van der Waals surface area (Å²) in [5.74, 6) is -3.08. The van der Waals surface area contributed by atoms with Gasteiger partial charge in [-0.3, -0.25) is 19.2 Å². The zero-order chi connectivity index (χ0) is 35.1. The number of aliphatic hydroxyl groups excluding tert-OH is 1. The average molecular weight is 667 g/mol. The lowest BCUT2D eigenvalue weighted by Crippen LogP contribution is -2.60. The first-order valence-corrected chi connectivity index (χ1v) is 17.4. The maximum atomic E-state index is 14.7. The van der Waals surface area contributed by atoms with Crippen molar-refractivity contribution in [2.24, 2.45) is 23.2 Å². The van der Waals surface area contributed by atoms with Crippen LogP contribution < -0.4 is 5.32 Å². The molecule has 0 aromatic rings. The number of hydrogen-bond acceptors (Lipinski definition) is 12. The second-order valence-electron chi connectivity index (χ2n) is 15.5. The molecule has 0 spiro atoms. The van der Waals surface area contributed by atoms with Crippen molar-refractivity contribution in [2.45, 2.75) is 148 Å². The summed E-state index contributed by atoms with van der Waals surface area (Å²) >= 11 is 0. The van der Waals surface area contributed by atoms with Crippen molar-refractivity contribution in [3.63, 3.8) is 0 Å². The SMILES string of the molecule is CC[C@H]1OC(=O)[C@]2(C)CCC(=O)CO[C@](C)(C[C@@H](C)CN[C@H](C)[C@H]3CC(=O)O[C@@]31C)[C@H](OC1OC(C)CC(N(C)C)C1O)[C@@H](C)C2=O. The predicted molar refractivity (Wildman–Crippen MR) is 172 cm³/mol. The maximum Gasteiger partial charge on any atom is 0.319 e. The molecule has 0 amide bonds. The molecule has 268 valence electrons. The number of aliphatic hydroxyl groups is 1. The first-order valence-electron chi connectivity index (χ1n) is 17.4. The van der Waals surface area contributed by atoms with Crippen molar-refractivity contribution >= 4 is 23.5 Å². The molecule has 2 N–H and O–H groups in total. The van der Waals surface area contributed by atoms with Crippen molar-refractivity contribution in [3.8, 4) is 0 Å². The Morgan fingerprint density at radius 3 is 2.38 bits per heavy atom. The smallest absolute Gasteiger partial charge is 0.319 e. The number of ether oxygens (including phenoxy) is 5. The molecule has 0 aromatic heterocycles. The summed E-state index contributed by atoms with van der Waals surface area (Å²) in [5, 5.41) is 15.0. The number of nitrogens with zero attached hydrogens (tertiary/aromatic N) is 1. The molecule has 12 heteroatoms. The third-order valence-electron chi connectivity index (χ3n) is 11.3. The molecule has 4 unspecified atom stereocenters. The van der Waals surface area contributed by atoms with Gasteiger partial charge in [0.25, 0.3) is 0 Å². The van der Waals surface area contributed by atoms with Crippen LogP contribution in [0.3, 0.4) is 0 Å². The standard InChI is InChI=1S/C35H58N2O10/c1-11-26-35(8)24(15-27(39)47-35)22(5)36-17-19(2)16-34(7)30(46-31-28(40)25(37(9)10)14-20(3)44-31)21(4)29(41)33(6,32(42)45-26)13-12-23(38)18-43-34/h19-22,24-26,28,30-31,36,40H,11-18H2,1-10H3/t19-,20?,21+,22-,24-,25?,26-,28?,30-,31?,33-,34-,35+/m1/s1. The summed E-state index contributed by atoms with van der Waals surface area (Å²) in [4.78, 5) is 56.9. The number of carbonyl (C=O) groups is 4. The summed E-state index contributed by atoms with van der Waals surface area (Å²) in [7, 11) is 3.77. The second kappa shape index (κ2) is 14.5. The minimum atomic E-state index is -1.71. The van der Waals surface area contributed by atoms with E-state index >= 15 is 0 Å². The quantitative estimate of drug-likeness (QED) is 0.336. The molecule has 0 radical (unpaired) electrons. The molecule has 47 heavy (non-hydrogen) atoms. The summed E-state index contributed by atoms with van der Waals surface area (Å²) < 4.78 is 31.4. The van der Waals surface area contributed by atoms with Crippen LogP contribution in [0.5, 0.6) is 0 Å². The number of ketones is 2. The molecule has 0 aromatic carbocycles. The number of fused-ring (bicyclic) bond motifs is 5. The lowest BCUT2D eigenvalue weighted by Gasteiger charge is -2.48. The topological polar surface area (TPSA) is 150 Å². The minimum absolute atomic E-state index is 0.0415. The monoisotopic (exact) mass is 666 g/mol. The van der Waals surface area contributed by atoms with Gasteiger partial charge >= 0.3 is 11.9 Å². The molecule has 12 nitrogen and oxygen atoms in total. The van der Waals surface area contributed by atoms with Crippen LogP contribution in [-0.4, -0.2) is 115 Å². The Morgan fingerprint density at radius 2 is 1.74 bits per heavy atom. The normalized spacial score (nSPS) is 46.0. The highest BCUT2D eigenvalue weighted by molar-refractivity contribution is 6.05. The lowest BCUT2D eigenvalue weighted by molar-refractivity contribution is -0.297. The predicted octanol–water partition coefficient (Wildman–Crippen LogP) is 2.81. The van der Waals surface area contributed by atoms with Gasteiger partial charge in [0, 0.05) is 30.3 Å². The fraction of sp³-hybridized carbons (Fsp3) is 0.886. The Morgan fingerprint density at radius 1 is 1.06 bits per heavy atom. The van der Waals surface area contributed by atoms with Gasteiger partial charge in [0.2, 0.25) is 0 Å². The zero-order valence-electron chi connectivity index (χ0n) is 30.0. The van der Waals surface area contributed by atoms with E-state index in [0.717, 1.165) is 0 Å². The molecule has 4 rings (SSSR count). The number of hydrogen-bond donors (Lipinski definition) is 2. The van der Waals surface area contributed by atoms with Gasteiger partial charge < -0.3 is 39.0 Å². The number of Topliss-reactive ketones (excluding diaryl/α,β-unsaturated/α-hetero) is 2. The van der Waals surface area contributed by atoms with Crippen LogP contribution in [0.1, 0.15) is 93.9 Å². The summed E-state index contributed by atoms with van der Waals surface area (Å²) in [6.45, 7) is 15.0. The van der Waals surface area contributed by atoms with Crippen molar-refractivity contribution in [1.29, 1.82) is 0 Å². The van der Waals surface area contributed by atoms with Crippen LogP contribution in [0.4, 0.5) is 0 Å². The lowest BCUT2D eigenvalue weighted by atomic mass is 9.70. The molecular formula is C35H58N2O10. The van der Waals surface area contributed by atoms with E-state index in [1.54, 1.807) is 13.8 Å². The Labute approximate surface area is 279 Å². The largest absolute Gasteiger partial charge is 0.457 e. The molecule has 0 aliphatic carbocycles. The van der Waals surface area contributed by atoms with Crippen LogP contribution in [-0.2, 0) is 42.9 Å². The molecule has 4 saturated heterocycles. The molecule has 4 heterocycles. The van der Waals surface area contributed by atoms with E-state index < -0.39 is 58.9 Å². The number of rotatable bonds is 4. The highest BCUT2D eigenvalue weighted by Crippen LogP contribution is 2.44. The van der Waals surface area contributed by atoms with Crippen molar-refractivity contribution < 1.29 is 48.0 Å². The first kappa shape index (κ1) is 37.9. The van der Waals surface area contributed by atoms with Crippen LogP contribution in [0.15, 0.2) is 0 Å². The Balaban J connectivity index is 1.83. The fourth-order valence-electron chi connectivity index (χ4n) is 8.40. The van der Waals surface area contributed by atoms with E-state index in [-0.39, 0.29) is 67.6 Å². The Kier molecular flexibility index (Phi) is 11.7. The van der Waals surface area contributed by atoms with Crippen molar-refractivity contribution in [1.82, 2.24) is 10.2 Å². The van der Waals surface area contributed by atoms with Crippen LogP contribution in [0.2, 0.25) is 0 Å². The number of likely N-dealkylation sites (N-methyl/N-ethyl adjacent to an activating group) is 1. The Hall–Kier alpha value is -1.96. The molecular weight excluding hydrogens is 608 g/mol. The number of esters is 2. The van der Waals surface area contributed by atoms with E-state index in [9.17, 15) is 24.3 Å². The second-order valence-corrected chi connectivity index (χ2v) is 15.5. The van der Waals surface area contributed by atoms with Gasteiger partial charge in [-0.25, -0.2) is 0 Å². The van der Waals surface area contributed by atoms with Crippen LogP contribution >= 0.6 is 0 Å². The van der Waals surface area contributed by atoms with Gasteiger partial charge in [0.1, 0.15) is 24.2 Å². The van der Waals surface area contributed by atoms with Crippen LogP contribution in [0.25, 0.3) is 0 Å². The molecule has 4 aliphatic rings. The molecule has 2 bridgehead atoms. The van der Waals surface area contributed by atoms with Gasteiger partial charge in [0.15, 0.2) is 23.5 Å². The van der Waals surface area contributed by atoms with Gasteiger partial charge in [-0.1, -0.05) is 20.8 Å². The minimum Gasteiger partial charge on any atom is -0.457 e. The van der Waals surface area contributed by atoms with Crippen molar-refractivity contribution in [3.05, 3.63) is 0 Å². The van der Waals surface area contributed by atoms with Gasteiger partial charge in [-0.15, -0.1) is 0 Å². The number of carbonyl (C=O) groups excluding carboxylic acids is 4. The third kappa shape index (κ3) is 7.62. The summed E-state index contributed by atoms with van der Waals surface area (Å²) in [6, 6.07) is -0.430. The average Bonchev–Trinajstić information content (AvgIpc) is 3.32. The zero-order valence-corrected chi connectivity index (χ0v) is 30.0. The Bertz CT molecular complexity index is 1180. The summed E-state index contributed by atoms with van der Waals surface area (Å²) in [6.07, 6.45) is -2.79. The third-order valence-corrected chi connectivity index (χ3v) is 11.3. The van der Waals surface area contributed by atoms with E-state index in [0.29, 0.717) is 25.8 Å². The highest BCUT2D eigenvalue weighted by Gasteiger charge is 2.58. The van der Waals surface area contributed by atoms with Gasteiger partial charge in [-0.05, 0) is 86.9 Å². The first-order chi connectivity index (χ1) is 21.9. The van der Waals surface area contributed by atoms with Crippen LogP contribution in [0, 0.1) is 23.2 Å². The van der Waals surface area contributed by atoms with E-state index in [4.69, 9.17) is 23.7 Å². The van der Waals surface area contributed by atoms with Gasteiger partial charge in [0.05, 0.1) is 24.2 Å². The van der Waals surface area contributed by atoms with E-state index in [2.05, 4.69) is 5.32 Å². The number of cyclic esters (lactones) is 1. The fourth-order valence-corrected chi connectivity index (χ4v) is 8.40. The highest BCUT2D eigenvalue weighted by atomic mass is 16.7. The molecule has 4 aliphatic heterocycles.